The van der Waals surface area contributed by atoms with Crippen LogP contribution in [0.5, 0.6) is 0 Å². The van der Waals surface area contributed by atoms with Crippen molar-refractivity contribution in [2.45, 2.75) is 64.8 Å². The highest BCUT2D eigenvalue weighted by Crippen LogP contribution is 2.30. The Morgan fingerprint density at radius 2 is 1.39 bits per heavy atom. The van der Waals surface area contributed by atoms with Gasteiger partial charge in [-0.15, -0.1) is 0 Å². The summed E-state index contributed by atoms with van der Waals surface area (Å²) >= 11 is 0. The number of rotatable bonds is 4. The molecule has 1 atom stereocenters. The van der Waals surface area contributed by atoms with Gasteiger partial charge in [-0.1, -0.05) is 30.3 Å². The molecule has 1 aromatic rings. The van der Waals surface area contributed by atoms with Gasteiger partial charge in [-0.2, -0.15) is 0 Å². The van der Waals surface area contributed by atoms with Gasteiger partial charge < -0.3 is 14.7 Å². The second-order valence-corrected chi connectivity index (χ2v) is 11.1. The maximum Gasteiger partial charge on any atom is 0.227 e. The van der Waals surface area contributed by atoms with Crippen molar-refractivity contribution in [3.63, 3.8) is 0 Å². The van der Waals surface area contributed by atoms with Crippen molar-refractivity contribution >= 4 is 17.7 Å². The molecule has 33 heavy (non-hydrogen) atoms. The molecule has 6 nitrogen and oxygen atoms in total. The van der Waals surface area contributed by atoms with Crippen LogP contribution in [0, 0.1) is 17.8 Å². The Morgan fingerprint density at radius 3 is 1.94 bits per heavy atom. The van der Waals surface area contributed by atoms with Crippen molar-refractivity contribution in [2.75, 3.05) is 32.7 Å². The third-order valence-corrected chi connectivity index (χ3v) is 7.73. The summed E-state index contributed by atoms with van der Waals surface area (Å²) in [4.78, 5) is 44.3. The summed E-state index contributed by atoms with van der Waals surface area (Å²) in [6.07, 6.45) is 5.01. The van der Waals surface area contributed by atoms with Crippen LogP contribution in [-0.2, 0) is 20.8 Å². The number of nitrogens with zero attached hydrogens (tertiary/aromatic N) is 3. The summed E-state index contributed by atoms with van der Waals surface area (Å²) in [7, 11) is 0. The SMILES string of the molecule is CC(C)(C)N1CC(C(=O)N2CCC(C(=O)N3CCC(Cc4ccccc4)CC3)CC2)CC1=O. The highest BCUT2D eigenvalue weighted by Gasteiger charge is 2.42. The Kier molecular flexibility index (Phi) is 7.10. The Balaban J connectivity index is 1.22. The molecule has 180 valence electrons. The van der Waals surface area contributed by atoms with E-state index in [2.05, 4.69) is 35.2 Å². The van der Waals surface area contributed by atoms with Crippen LogP contribution in [0.15, 0.2) is 30.3 Å². The zero-order chi connectivity index (χ0) is 23.6. The first-order valence-electron chi connectivity index (χ1n) is 12.6. The van der Waals surface area contributed by atoms with E-state index in [4.69, 9.17) is 0 Å². The fourth-order valence-electron chi connectivity index (χ4n) is 5.69. The monoisotopic (exact) mass is 453 g/mol. The van der Waals surface area contributed by atoms with Gasteiger partial charge in [-0.05, 0) is 64.4 Å². The van der Waals surface area contributed by atoms with Crippen molar-refractivity contribution in [3.05, 3.63) is 35.9 Å². The molecule has 6 heteroatoms. The van der Waals surface area contributed by atoms with Crippen LogP contribution in [0.2, 0.25) is 0 Å². The second kappa shape index (κ2) is 9.86. The molecule has 3 saturated heterocycles. The standard InChI is InChI=1S/C27H39N3O3/c1-27(2,3)30-19-23(18-24(30)31)26(33)29-15-11-22(12-16-29)25(32)28-13-9-21(10-14-28)17-20-7-5-4-6-8-20/h4-8,21-23H,9-19H2,1-3H3. The number of carbonyl (C=O) groups excluding carboxylic acids is 3. The smallest absolute Gasteiger partial charge is 0.227 e. The molecule has 3 aliphatic heterocycles. The molecular weight excluding hydrogens is 414 g/mol. The fourth-order valence-corrected chi connectivity index (χ4v) is 5.69. The van der Waals surface area contributed by atoms with E-state index in [0.717, 1.165) is 45.2 Å². The molecule has 4 rings (SSSR count). The lowest BCUT2D eigenvalue weighted by Crippen LogP contribution is -2.48. The lowest BCUT2D eigenvalue weighted by molar-refractivity contribution is -0.143. The van der Waals surface area contributed by atoms with Gasteiger partial charge >= 0.3 is 0 Å². The summed E-state index contributed by atoms with van der Waals surface area (Å²) in [5.41, 5.74) is 1.13. The molecule has 3 aliphatic rings. The third kappa shape index (κ3) is 5.59. The Hall–Kier alpha value is -2.37. The third-order valence-electron chi connectivity index (χ3n) is 7.73. The number of piperidine rings is 2. The topological polar surface area (TPSA) is 60.9 Å². The Labute approximate surface area is 198 Å². The second-order valence-electron chi connectivity index (χ2n) is 11.1. The van der Waals surface area contributed by atoms with Gasteiger partial charge in [0.1, 0.15) is 0 Å². The first-order valence-corrected chi connectivity index (χ1v) is 12.6. The Morgan fingerprint density at radius 1 is 0.848 bits per heavy atom. The van der Waals surface area contributed by atoms with Crippen LogP contribution in [0.3, 0.4) is 0 Å². The van der Waals surface area contributed by atoms with Crippen molar-refractivity contribution in [3.8, 4) is 0 Å². The molecule has 0 N–H and O–H groups in total. The zero-order valence-corrected chi connectivity index (χ0v) is 20.5. The van der Waals surface area contributed by atoms with Crippen molar-refractivity contribution < 1.29 is 14.4 Å². The number of likely N-dealkylation sites (tertiary alicyclic amines) is 3. The van der Waals surface area contributed by atoms with E-state index in [1.807, 2.05) is 30.6 Å². The van der Waals surface area contributed by atoms with Gasteiger partial charge in [-0.3, -0.25) is 14.4 Å². The van der Waals surface area contributed by atoms with Crippen LogP contribution in [0.25, 0.3) is 0 Å². The number of carbonyl (C=O) groups is 3. The predicted octanol–water partition coefficient (Wildman–Crippen LogP) is 3.35. The summed E-state index contributed by atoms with van der Waals surface area (Å²) in [6.45, 7) is 9.50. The minimum absolute atomic E-state index is 0.0241. The first kappa shape index (κ1) is 23.8. The predicted molar refractivity (Wildman–Crippen MR) is 128 cm³/mol. The summed E-state index contributed by atoms with van der Waals surface area (Å²) in [5.74, 6) is 0.862. The summed E-state index contributed by atoms with van der Waals surface area (Å²) in [6, 6.07) is 10.6. The first-order chi connectivity index (χ1) is 15.7. The Bertz CT molecular complexity index is 847. The highest BCUT2D eigenvalue weighted by atomic mass is 16.2. The zero-order valence-electron chi connectivity index (χ0n) is 20.5. The molecule has 3 fully saturated rings. The molecule has 0 bridgehead atoms. The number of benzene rings is 1. The summed E-state index contributed by atoms with van der Waals surface area (Å²) < 4.78 is 0. The number of hydrogen-bond acceptors (Lipinski definition) is 3. The minimum atomic E-state index is -0.250. The largest absolute Gasteiger partial charge is 0.342 e. The number of amides is 3. The average Bonchev–Trinajstić information content (AvgIpc) is 3.22. The molecule has 0 saturated carbocycles. The van der Waals surface area contributed by atoms with Crippen molar-refractivity contribution in [1.82, 2.24) is 14.7 Å². The normalized spacial score (nSPS) is 23.3. The molecule has 3 amide bonds. The van der Waals surface area contributed by atoms with E-state index in [1.54, 1.807) is 0 Å². The lowest BCUT2D eigenvalue weighted by Gasteiger charge is -2.38. The van der Waals surface area contributed by atoms with E-state index in [0.29, 0.717) is 32.0 Å². The molecular formula is C27H39N3O3. The van der Waals surface area contributed by atoms with Gasteiger partial charge in [0.25, 0.3) is 0 Å². The minimum Gasteiger partial charge on any atom is -0.342 e. The van der Waals surface area contributed by atoms with Crippen LogP contribution < -0.4 is 0 Å². The van der Waals surface area contributed by atoms with E-state index in [9.17, 15) is 14.4 Å². The van der Waals surface area contributed by atoms with Gasteiger partial charge in [-0.25, -0.2) is 0 Å². The van der Waals surface area contributed by atoms with Crippen molar-refractivity contribution in [1.29, 1.82) is 0 Å². The van der Waals surface area contributed by atoms with E-state index in [1.165, 1.54) is 5.56 Å². The van der Waals surface area contributed by atoms with Gasteiger partial charge in [0, 0.05) is 50.6 Å². The van der Waals surface area contributed by atoms with Gasteiger partial charge in [0.05, 0.1) is 5.92 Å². The van der Waals surface area contributed by atoms with E-state index < -0.39 is 0 Å². The van der Waals surface area contributed by atoms with E-state index in [-0.39, 0.29) is 35.1 Å². The molecule has 0 radical (unpaired) electrons. The molecule has 3 heterocycles. The summed E-state index contributed by atoms with van der Waals surface area (Å²) in [5, 5.41) is 0. The molecule has 0 spiro atoms. The maximum absolute atomic E-state index is 13.1. The number of hydrogen-bond donors (Lipinski definition) is 0. The van der Waals surface area contributed by atoms with Gasteiger partial charge in [0.15, 0.2) is 0 Å². The van der Waals surface area contributed by atoms with Crippen LogP contribution in [0.4, 0.5) is 0 Å². The van der Waals surface area contributed by atoms with Crippen LogP contribution in [-0.4, -0.2) is 70.7 Å². The van der Waals surface area contributed by atoms with Crippen LogP contribution in [0.1, 0.15) is 58.4 Å². The van der Waals surface area contributed by atoms with Gasteiger partial charge in [0.2, 0.25) is 17.7 Å². The fraction of sp³-hybridized carbons (Fsp3) is 0.667. The lowest BCUT2D eigenvalue weighted by atomic mass is 9.88. The average molecular weight is 454 g/mol. The van der Waals surface area contributed by atoms with E-state index >= 15 is 0 Å². The van der Waals surface area contributed by atoms with Crippen LogP contribution >= 0.6 is 0 Å². The molecule has 1 aromatic carbocycles. The quantitative estimate of drug-likeness (QED) is 0.702. The molecule has 1 unspecified atom stereocenters. The van der Waals surface area contributed by atoms with Crippen molar-refractivity contribution in [2.24, 2.45) is 17.8 Å². The molecule has 0 aliphatic carbocycles. The maximum atomic E-state index is 13.1. The highest BCUT2D eigenvalue weighted by molar-refractivity contribution is 5.90. The molecule has 0 aromatic heterocycles.